The molecule has 1 amide bonds. The fourth-order valence-corrected chi connectivity index (χ4v) is 2.64. The number of amides is 1. The highest BCUT2D eigenvalue weighted by Gasteiger charge is 2.11. The number of carbonyl (C=O) groups excluding carboxylic acids is 1. The summed E-state index contributed by atoms with van der Waals surface area (Å²) in [6, 6.07) is 20.9. The van der Waals surface area contributed by atoms with Crippen LogP contribution in [0.2, 0.25) is 0 Å². The van der Waals surface area contributed by atoms with E-state index in [1.54, 1.807) is 12.1 Å². The SMILES string of the molecule is O=C(Nc1cccc(C#Cc2ccccc2)c1)c1cc(F)ccc1Br. The number of benzene rings is 3. The third-order valence-corrected chi connectivity index (χ3v) is 4.11. The van der Waals surface area contributed by atoms with Gasteiger partial charge in [0.15, 0.2) is 0 Å². The first kappa shape index (κ1) is 16.9. The van der Waals surface area contributed by atoms with Crippen LogP contribution in [0.1, 0.15) is 21.5 Å². The van der Waals surface area contributed by atoms with Crippen LogP contribution in [-0.4, -0.2) is 5.91 Å². The summed E-state index contributed by atoms with van der Waals surface area (Å²) in [5.41, 5.74) is 2.53. The predicted octanol–water partition coefficient (Wildman–Crippen LogP) is 5.24. The molecular formula is C21H13BrFNO. The molecule has 2 nitrogen and oxygen atoms in total. The van der Waals surface area contributed by atoms with Crippen LogP contribution >= 0.6 is 15.9 Å². The molecule has 3 rings (SSSR count). The Balaban J connectivity index is 1.79. The normalized spacial score (nSPS) is 9.84. The Morgan fingerprint density at radius 1 is 0.880 bits per heavy atom. The van der Waals surface area contributed by atoms with Gasteiger partial charge in [-0.1, -0.05) is 36.1 Å². The van der Waals surface area contributed by atoms with Gasteiger partial charge in [-0.3, -0.25) is 4.79 Å². The van der Waals surface area contributed by atoms with E-state index >= 15 is 0 Å². The molecule has 1 N–H and O–H groups in total. The Labute approximate surface area is 153 Å². The molecule has 0 atom stereocenters. The van der Waals surface area contributed by atoms with Crippen LogP contribution in [0.15, 0.2) is 77.3 Å². The molecular weight excluding hydrogens is 381 g/mol. The molecule has 0 aliphatic carbocycles. The summed E-state index contributed by atoms with van der Waals surface area (Å²) in [5, 5.41) is 2.76. The molecule has 0 fully saturated rings. The maximum absolute atomic E-state index is 13.4. The molecule has 122 valence electrons. The van der Waals surface area contributed by atoms with Gasteiger partial charge >= 0.3 is 0 Å². The molecule has 25 heavy (non-hydrogen) atoms. The summed E-state index contributed by atoms with van der Waals surface area (Å²) < 4.78 is 13.9. The maximum atomic E-state index is 13.4. The van der Waals surface area contributed by atoms with E-state index in [-0.39, 0.29) is 11.5 Å². The molecule has 0 saturated heterocycles. The van der Waals surface area contributed by atoms with Gasteiger partial charge in [0.25, 0.3) is 5.91 Å². The second-order valence-electron chi connectivity index (χ2n) is 5.28. The lowest BCUT2D eigenvalue weighted by Gasteiger charge is -2.07. The largest absolute Gasteiger partial charge is 0.322 e. The van der Waals surface area contributed by atoms with Gasteiger partial charge in [-0.05, 0) is 64.5 Å². The fraction of sp³-hybridized carbons (Fsp3) is 0. The summed E-state index contributed by atoms with van der Waals surface area (Å²) in [6.07, 6.45) is 0. The third-order valence-electron chi connectivity index (χ3n) is 3.42. The zero-order chi connectivity index (χ0) is 17.6. The Morgan fingerprint density at radius 2 is 1.60 bits per heavy atom. The smallest absolute Gasteiger partial charge is 0.256 e. The first-order valence-electron chi connectivity index (χ1n) is 7.55. The van der Waals surface area contributed by atoms with E-state index in [9.17, 15) is 9.18 Å². The minimum Gasteiger partial charge on any atom is -0.322 e. The Kier molecular flexibility index (Phi) is 5.27. The van der Waals surface area contributed by atoms with Gasteiger partial charge in [-0.2, -0.15) is 0 Å². The second kappa shape index (κ2) is 7.78. The van der Waals surface area contributed by atoms with Crippen LogP contribution in [0.5, 0.6) is 0 Å². The number of hydrogen-bond donors (Lipinski definition) is 1. The van der Waals surface area contributed by atoms with E-state index in [1.165, 1.54) is 18.2 Å². The van der Waals surface area contributed by atoms with Crippen molar-refractivity contribution in [1.82, 2.24) is 0 Å². The summed E-state index contributed by atoms with van der Waals surface area (Å²) in [5.74, 6) is 5.28. The van der Waals surface area contributed by atoms with Crippen LogP contribution in [0.25, 0.3) is 0 Å². The van der Waals surface area contributed by atoms with Crippen molar-refractivity contribution in [2.75, 3.05) is 5.32 Å². The van der Waals surface area contributed by atoms with Crippen molar-refractivity contribution >= 4 is 27.5 Å². The molecule has 4 heteroatoms. The lowest BCUT2D eigenvalue weighted by molar-refractivity contribution is 0.102. The molecule has 0 aromatic heterocycles. The van der Waals surface area contributed by atoms with Gasteiger partial charge in [-0.25, -0.2) is 4.39 Å². The molecule has 0 saturated carbocycles. The number of nitrogens with one attached hydrogen (secondary N) is 1. The highest BCUT2D eigenvalue weighted by atomic mass is 79.9. The highest BCUT2D eigenvalue weighted by molar-refractivity contribution is 9.10. The van der Waals surface area contributed by atoms with E-state index in [0.29, 0.717) is 10.2 Å². The van der Waals surface area contributed by atoms with Gasteiger partial charge < -0.3 is 5.32 Å². The maximum Gasteiger partial charge on any atom is 0.256 e. The number of rotatable bonds is 2. The summed E-state index contributed by atoms with van der Waals surface area (Å²) in [6.45, 7) is 0. The van der Waals surface area contributed by atoms with Crippen LogP contribution in [0.4, 0.5) is 10.1 Å². The van der Waals surface area contributed by atoms with Gasteiger partial charge in [0, 0.05) is 21.3 Å². The molecule has 0 heterocycles. The molecule has 3 aromatic carbocycles. The molecule has 0 aliphatic heterocycles. The van der Waals surface area contributed by atoms with Crippen molar-refractivity contribution in [2.24, 2.45) is 0 Å². The lowest BCUT2D eigenvalue weighted by atomic mass is 10.1. The monoisotopic (exact) mass is 393 g/mol. The quantitative estimate of drug-likeness (QED) is 0.592. The van der Waals surface area contributed by atoms with Crippen LogP contribution in [0, 0.1) is 17.7 Å². The van der Waals surface area contributed by atoms with E-state index in [4.69, 9.17) is 0 Å². The van der Waals surface area contributed by atoms with Crippen molar-refractivity contribution in [1.29, 1.82) is 0 Å². The molecule has 0 unspecified atom stereocenters. The van der Waals surface area contributed by atoms with Gasteiger partial charge in [0.2, 0.25) is 0 Å². The van der Waals surface area contributed by atoms with Crippen molar-refractivity contribution < 1.29 is 9.18 Å². The minimum absolute atomic E-state index is 0.237. The van der Waals surface area contributed by atoms with E-state index < -0.39 is 5.82 Å². The van der Waals surface area contributed by atoms with E-state index in [2.05, 4.69) is 33.1 Å². The molecule has 3 aromatic rings. The van der Waals surface area contributed by atoms with Gasteiger partial charge in [-0.15, -0.1) is 0 Å². The first-order valence-corrected chi connectivity index (χ1v) is 8.35. The average molecular weight is 394 g/mol. The van der Waals surface area contributed by atoms with Crippen molar-refractivity contribution in [2.45, 2.75) is 0 Å². The minimum atomic E-state index is -0.462. The number of anilines is 1. The zero-order valence-corrected chi connectivity index (χ0v) is 14.7. The zero-order valence-electron chi connectivity index (χ0n) is 13.1. The Hall–Kier alpha value is -2.90. The second-order valence-corrected chi connectivity index (χ2v) is 6.13. The third kappa shape index (κ3) is 4.56. The van der Waals surface area contributed by atoms with E-state index in [1.807, 2.05) is 42.5 Å². The van der Waals surface area contributed by atoms with Crippen molar-refractivity contribution in [3.8, 4) is 11.8 Å². The van der Waals surface area contributed by atoms with Gasteiger partial charge in [0.1, 0.15) is 5.82 Å². The highest BCUT2D eigenvalue weighted by Crippen LogP contribution is 2.20. The lowest BCUT2D eigenvalue weighted by Crippen LogP contribution is -2.13. The summed E-state index contributed by atoms with van der Waals surface area (Å²) in [4.78, 5) is 12.3. The van der Waals surface area contributed by atoms with Crippen LogP contribution in [0.3, 0.4) is 0 Å². The standard InChI is InChI=1S/C21H13BrFNO/c22-20-12-11-17(23)14-19(20)21(25)24-18-8-4-7-16(13-18)10-9-15-5-2-1-3-6-15/h1-8,11-14H,(H,24,25). The fourth-order valence-electron chi connectivity index (χ4n) is 2.21. The van der Waals surface area contributed by atoms with Crippen molar-refractivity contribution in [3.05, 3.63) is 99.8 Å². The first-order chi connectivity index (χ1) is 12.1. The summed E-state index contributed by atoms with van der Waals surface area (Å²) >= 11 is 3.26. The van der Waals surface area contributed by atoms with Crippen LogP contribution in [-0.2, 0) is 0 Å². The van der Waals surface area contributed by atoms with Crippen LogP contribution < -0.4 is 5.32 Å². The molecule has 0 bridgehead atoms. The number of carbonyl (C=O) groups is 1. The Bertz CT molecular complexity index is 974. The average Bonchev–Trinajstić information content (AvgIpc) is 2.63. The van der Waals surface area contributed by atoms with E-state index in [0.717, 1.165) is 11.1 Å². The van der Waals surface area contributed by atoms with Gasteiger partial charge in [0.05, 0.1) is 5.56 Å². The number of hydrogen-bond acceptors (Lipinski definition) is 1. The Morgan fingerprint density at radius 3 is 2.40 bits per heavy atom. The number of halogens is 2. The van der Waals surface area contributed by atoms with Crippen molar-refractivity contribution in [3.63, 3.8) is 0 Å². The molecule has 0 aliphatic rings. The summed E-state index contributed by atoms with van der Waals surface area (Å²) in [7, 11) is 0. The topological polar surface area (TPSA) is 29.1 Å². The predicted molar refractivity (Wildman–Crippen MR) is 101 cm³/mol. The molecule has 0 radical (unpaired) electrons. The molecule has 0 spiro atoms.